The van der Waals surface area contributed by atoms with Crippen LogP contribution in [0.2, 0.25) is 5.02 Å². The average Bonchev–Trinajstić information content (AvgIpc) is 3.27. The van der Waals surface area contributed by atoms with Crippen molar-refractivity contribution >= 4 is 54.7 Å². The van der Waals surface area contributed by atoms with Gasteiger partial charge in [0, 0.05) is 66.5 Å². The van der Waals surface area contributed by atoms with E-state index in [-0.39, 0.29) is 30.8 Å². The lowest BCUT2D eigenvalue weighted by Crippen LogP contribution is -2.54. The number of anilines is 2. The van der Waals surface area contributed by atoms with Gasteiger partial charge in [-0.25, -0.2) is 36.8 Å². The zero-order valence-electron chi connectivity index (χ0n) is 35.8. The molecular formula is C44H47ClF6N8O4S3. The van der Waals surface area contributed by atoms with Crippen molar-refractivity contribution in [2.45, 2.75) is 58.3 Å². The Hall–Kier alpha value is -4.48. The molecule has 2 aliphatic heterocycles. The van der Waals surface area contributed by atoms with Crippen LogP contribution in [0, 0.1) is 0 Å². The number of piperazine rings is 1. The van der Waals surface area contributed by atoms with Crippen molar-refractivity contribution in [1.29, 1.82) is 0 Å². The van der Waals surface area contributed by atoms with Gasteiger partial charge < -0.3 is 10.2 Å². The van der Waals surface area contributed by atoms with Gasteiger partial charge in [-0.3, -0.25) is 9.62 Å². The van der Waals surface area contributed by atoms with Crippen LogP contribution in [-0.2, 0) is 45.5 Å². The molecule has 354 valence electrons. The van der Waals surface area contributed by atoms with Gasteiger partial charge in [-0.05, 0) is 92.6 Å². The molecule has 0 unspecified atom stereocenters. The molecule has 4 aromatic carbocycles. The van der Waals surface area contributed by atoms with Gasteiger partial charge in [-0.1, -0.05) is 66.2 Å². The van der Waals surface area contributed by atoms with E-state index in [0.717, 1.165) is 33.7 Å². The minimum atomic E-state index is -6.16. The van der Waals surface area contributed by atoms with Crippen molar-refractivity contribution in [1.82, 2.24) is 29.8 Å². The molecule has 0 aliphatic carbocycles. The van der Waals surface area contributed by atoms with Crippen LogP contribution in [0.15, 0.2) is 112 Å². The van der Waals surface area contributed by atoms with Crippen LogP contribution < -0.4 is 10.0 Å². The van der Waals surface area contributed by atoms with E-state index in [4.69, 9.17) is 11.6 Å². The number of nitrogens with zero attached hydrogens (tertiary/aromatic N) is 6. The second-order valence-corrected chi connectivity index (χ2v) is 21.2. The van der Waals surface area contributed by atoms with Crippen molar-refractivity contribution in [3.05, 3.63) is 125 Å². The Kier molecular flexibility index (Phi) is 15.3. The predicted molar refractivity (Wildman–Crippen MR) is 243 cm³/mol. The highest BCUT2D eigenvalue weighted by Gasteiger charge is 2.49. The lowest BCUT2D eigenvalue weighted by molar-refractivity contribution is -0.145. The lowest BCUT2D eigenvalue weighted by atomic mass is 9.99. The molecule has 1 fully saturated rings. The second kappa shape index (κ2) is 20.4. The van der Waals surface area contributed by atoms with Crippen molar-refractivity contribution in [3.63, 3.8) is 0 Å². The smallest absolute Gasteiger partial charge is 0.380 e. The molecule has 12 nitrogen and oxygen atoms in total. The molecule has 2 aliphatic rings. The van der Waals surface area contributed by atoms with E-state index in [1.54, 1.807) is 14.1 Å². The van der Waals surface area contributed by atoms with Gasteiger partial charge in [-0.15, -0.1) is 11.8 Å². The summed E-state index contributed by atoms with van der Waals surface area (Å²) in [7, 11) is -7.62. The first-order chi connectivity index (χ1) is 31.2. The molecule has 0 spiro atoms. The number of nitrogens with one attached hydrogen (secondary N) is 2. The zero-order chi connectivity index (χ0) is 47.4. The number of fused-ring (bicyclic) bond motifs is 1. The average molecular weight is 998 g/mol. The summed E-state index contributed by atoms with van der Waals surface area (Å²) < 4.78 is 142. The van der Waals surface area contributed by atoms with Crippen LogP contribution in [0.25, 0.3) is 11.1 Å². The number of benzene rings is 4. The maximum atomic E-state index is 14.3. The standard InChI is InChI=1S/C44H47ClF6N8O4S3/c1-56(2)20-18-33(29-64-34-9-4-3-5-10-34)52-38-17-16-35(26-40(38)65(60,61)44(49,50)51)66(62,63)55-41-37-19-21-59(28-39(37)53-42(54-41)43(46,47)48)58-24-22-57(23-25-58)27-31-8-6-7-11-36(31)30-12-14-32(45)15-13-30/h3-17,26,33,52H,18-25,27-29H2,1-2H3,(H,53,54,55)/t33-/m1/s1. The first-order valence-corrected chi connectivity index (χ1v) is 25.1. The van der Waals surface area contributed by atoms with Crippen LogP contribution in [0.3, 0.4) is 0 Å². The van der Waals surface area contributed by atoms with E-state index >= 15 is 0 Å². The van der Waals surface area contributed by atoms with Gasteiger partial charge in [0.05, 0.1) is 22.8 Å². The molecule has 3 heterocycles. The molecule has 1 atom stereocenters. The molecule has 66 heavy (non-hydrogen) atoms. The Labute approximate surface area is 389 Å². The molecule has 1 saturated heterocycles. The van der Waals surface area contributed by atoms with Crippen molar-refractivity contribution in [2.24, 2.45) is 0 Å². The number of thioether (sulfide) groups is 1. The highest BCUT2D eigenvalue weighted by molar-refractivity contribution is 7.99. The molecule has 0 bridgehead atoms. The molecular weight excluding hydrogens is 950 g/mol. The first-order valence-electron chi connectivity index (χ1n) is 20.8. The number of sulfone groups is 1. The minimum Gasteiger partial charge on any atom is -0.380 e. The number of sulfonamides is 1. The number of hydrogen-bond acceptors (Lipinski definition) is 12. The molecule has 0 radical (unpaired) electrons. The minimum absolute atomic E-state index is 0.0197. The van der Waals surface area contributed by atoms with Crippen LogP contribution in [0.5, 0.6) is 0 Å². The Balaban J connectivity index is 1.10. The number of rotatable bonds is 16. The second-order valence-electron chi connectivity index (χ2n) is 16.1. The van der Waals surface area contributed by atoms with Gasteiger partial charge >= 0.3 is 11.7 Å². The van der Waals surface area contributed by atoms with Crippen molar-refractivity contribution < 1.29 is 43.2 Å². The van der Waals surface area contributed by atoms with Crippen LogP contribution in [0.1, 0.15) is 29.1 Å². The van der Waals surface area contributed by atoms with E-state index in [2.05, 4.69) is 26.3 Å². The van der Waals surface area contributed by atoms with Gasteiger partial charge in [0.1, 0.15) is 10.7 Å². The quantitative estimate of drug-likeness (QED) is 0.0726. The third-order valence-corrected chi connectivity index (χ3v) is 15.5. The fourth-order valence-electron chi connectivity index (χ4n) is 7.72. The van der Waals surface area contributed by atoms with E-state index in [0.29, 0.717) is 62.5 Å². The van der Waals surface area contributed by atoms with Crippen molar-refractivity contribution in [2.75, 3.05) is 69.2 Å². The number of hydrazine groups is 1. The SMILES string of the molecule is CN(C)CC[C@H](CSc1ccccc1)Nc1ccc(S(=O)(=O)Nc2nc(C(F)(F)F)nc3c2CCN(N2CCN(Cc4ccccc4-c4ccc(Cl)cc4)CC2)C3)cc1S(=O)(=O)C(F)(F)F. The molecule has 7 rings (SSSR count). The van der Waals surface area contributed by atoms with Gasteiger partial charge in [0.25, 0.3) is 19.9 Å². The Morgan fingerprint density at radius 3 is 2.17 bits per heavy atom. The van der Waals surface area contributed by atoms with Gasteiger partial charge in [0.2, 0.25) is 5.82 Å². The molecule has 0 saturated carbocycles. The number of aromatic nitrogens is 2. The molecule has 0 amide bonds. The van der Waals surface area contributed by atoms with Gasteiger partial charge in [0.15, 0.2) is 0 Å². The molecule has 2 N–H and O–H groups in total. The fraction of sp³-hybridized carbons (Fsp3) is 0.364. The van der Waals surface area contributed by atoms with E-state index in [9.17, 15) is 43.2 Å². The molecule has 22 heteroatoms. The summed E-state index contributed by atoms with van der Waals surface area (Å²) in [4.78, 5) is 10.0. The first kappa shape index (κ1) is 49.4. The largest absolute Gasteiger partial charge is 0.501 e. The van der Waals surface area contributed by atoms with Crippen LogP contribution >= 0.6 is 23.4 Å². The summed E-state index contributed by atoms with van der Waals surface area (Å²) in [6, 6.07) is 26.4. The maximum Gasteiger partial charge on any atom is 0.501 e. The monoisotopic (exact) mass is 996 g/mol. The number of alkyl halides is 6. The topological polar surface area (TPSA) is 131 Å². The summed E-state index contributed by atoms with van der Waals surface area (Å²) in [6.45, 7) is 3.67. The predicted octanol–water partition coefficient (Wildman–Crippen LogP) is 8.53. The van der Waals surface area contributed by atoms with Crippen LogP contribution in [-0.4, -0.2) is 117 Å². The van der Waals surface area contributed by atoms with Crippen LogP contribution in [0.4, 0.5) is 37.8 Å². The molecule has 5 aromatic rings. The highest BCUT2D eigenvalue weighted by Crippen LogP contribution is 2.38. The summed E-state index contributed by atoms with van der Waals surface area (Å²) in [5, 5.41) is 7.41. The van der Waals surface area contributed by atoms with E-state index in [1.165, 1.54) is 11.8 Å². The third kappa shape index (κ3) is 12.0. The third-order valence-electron chi connectivity index (χ3n) is 11.2. The summed E-state index contributed by atoms with van der Waals surface area (Å²) >= 11 is 7.50. The summed E-state index contributed by atoms with van der Waals surface area (Å²) in [5.74, 6) is -2.03. The van der Waals surface area contributed by atoms with Crippen molar-refractivity contribution in [3.8, 4) is 11.1 Å². The van der Waals surface area contributed by atoms with Gasteiger partial charge in [-0.2, -0.15) is 26.3 Å². The highest BCUT2D eigenvalue weighted by atomic mass is 35.5. The van der Waals surface area contributed by atoms with E-state index < -0.39 is 64.7 Å². The maximum absolute atomic E-state index is 14.3. The Morgan fingerprint density at radius 1 is 0.818 bits per heavy atom. The zero-order valence-corrected chi connectivity index (χ0v) is 39.0. The fourth-order valence-corrected chi connectivity index (χ4v) is 10.9. The van der Waals surface area contributed by atoms with E-state index in [1.807, 2.05) is 92.4 Å². The Morgan fingerprint density at radius 2 is 1.50 bits per heavy atom. The summed E-state index contributed by atoms with van der Waals surface area (Å²) in [5.41, 5.74) is -3.11. The summed E-state index contributed by atoms with van der Waals surface area (Å²) in [6.07, 6.45) is -4.71. The molecule has 1 aromatic heterocycles. The Bertz CT molecular complexity index is 2710. The normalized spacial score (nSPS) is 16.3. The number of halogens is 7. The lowest BCUT2D eigenvalue weighted by Gasteiger charge is -2.43. The number of hydrogen-bond donors (Lipinski definition) is 2.